The van der Waals surface area contributed by atoms with E-state index in [0.29, 0.717) is 23.7 Å². The molecule has 52 heavy (non-hydrogen) atoms. The van der Waals surface area contributed by atoms with Gasteiger partial charge in [-0.2, -0.15) is 0 Å². The molecule has 2 aromatic heterocycles. The van der Waals surface area contributed by atoms with Gasteiger partial charge in [-0.25, -0.2) is 4.39 Å². The molecule has 4 heterocycles. The molecule has 10 rings (SSSR count). The zero-order valence-corrected chi connectivity index (χ0v) is 31.4. The van der Waals surface area contributed by atoms with E-state index in [2.05, 4.69) is 137 Å². The van der Waals surface area contributed by atoms with E-state index in [1.54, 1.807) is 6.07 Å². The Morgan fingerprint density at radius 3 is 1.37 bits per heavy atom. The third-order valence-corrected chi connectivity index (χ3v) is 12.2. The minimum absolute atomic E-state index is 0.0525. The van der Waals surface area contributed by atoms with Gasteiger partial charge in [-0.05, 0) is 134 Å². The molecule has 0 fully saturated rings. The SMILES string of the molecule is CC(C)c1ccc2c(c1)c1cc(C(C)C)cc3c1n2-c1cc(-c2cccc(F)c2)cc2c1B3c1cc(C(C)C)cc3c4cc(C(C)C)ccc4n-2c13. The molecule has 2 aliphatic heterocycles. The van der Waals surface area contributed by atoms with Gasteiger partial charge in [-0.3, -0.25) is 0 Å². The van der Waals surface area contributed by atoms with E-state index in [1.165, 1.54) is 99.7 Å². The van der Waals surface area contributed by atoms with Gasteiger partial charge in [0.2, 0.25) is 0 Å². The summed E-state index contributed by atoms with van der Waals surface area (Å²) in [5, 5.41) is 5.26. The number of hydrogen-bond acceptors (Lipinski definition) is 0. The van der Waals surface area contributed by atoms with Crippen LogP contribution in [-0.4, -0.2) is 15.8 Å². The first-order valence-corrected chi connectivity index (χ1v) is 19.2. The van der Waals surface area contributed by atoms with Crippen molar-refractivity contribution >= 4 is 66.7 Å². The monoisotopic (exact) mass is 678 g/mol. The third-order valence-electron chi connectivity index (χ3n) is 12.2. The second-order valence-corrected chi connectivity index (χ2v) is 16.7. The van der Waals surface area contributed by atoms with E-state index in [4.69, 9.17) is 0 Å². The number of rotatable bonds is 5. The summed E-state index contributed by atoms with van der Waals surface area (Å²) in [7, 11) is 0. The Morgan fingerprint density at radius 1 is 0.462 bits per heavy atom. The van der Waals surface area contributed by atoms with Crippen molar-refractivity contribution < 1.29 is 4.39 Å². The van der Waals surface area contributed by atoms with Crippen molar-refractivity contribution in [1.29, 1.82) is 0 Å². The van der Waals surface area contributed by atoms with E-state index >= 15 is 0 Å². The molecule has 0 radical (unpaired) electrons. The van der Waals surface area contributed by atoms with E-state index in [0.717, 1.165) is 11.1 Å². The molecule has 8 aromatic rings. The quantitative estimate of drug-likeness (QED) is 0.160. The van der Waals surface area contributed by atoms with Crippen LogP contribution in [0.5, 0.6) is 0 Å². The second kappa shape index (κ2) is 11.0. The average Bonchev–Trinajstić information content (AvgIpc) is 3.64. The fourth-order valence-electron chi connectivity index (χ4n) is 9.37. The van der Waals surface area contributed by atoms with Gasteiger partial charge in [0.25, 0.3) is 6.71 Å². The minimum Gasteiger partial charge on any atom is -0.310 e. The Balaban J connectivity index is 1.45. The first kappa shape index (κ1) is 31.6. The molecule has 2 nitrogen and oxygen atoms in total. The lowest BCUT2D eigenvalue weighted by Crippen LogP contribution is -2.59. The summed E-state index contributed by atoms with van der Waals surface area (Å²) in [6.07, 6.45) is 0. The summed E-state index contributed by atoms with van der Waals surface area (Å²) < 4.78 is 20.0. The number of halogens is 1. The van der Waals surface area contributed by atoms with Gasteiger partial charge in [0.1, 0.15) is 5.82 Å². The molecule has 4 heteroatoms. The van der Waals surface area contributed by atoms with Crippen molar-refractivity contribution in [2.24, 2.45) is 0 Å². The third kappa shape index (κ3) is 4.24. The van der Waals surface area contributed by atoms with Crippen LogP contribution in [0.1, 0.15) is 101 Å². The van der Waals surface area contributed by atoms with Crippen molar-refractivity contribution in [3.63, 3.8) is 0 Å². The lowest BCUT2D eigenvalue weighted by atomic mass is 9.34. The molecule has 0 aliphatic carbocycles. The molecule has 0 amide bonds. The summed E-state index contributed by atoms with van der Waals surface area (Å²) in [5.74, 6) is 1.41. The molecular weight excluding hydrogens is 634 g/mol. The van der Waals surface area contributed by atoms with Gasteiger partial charge in [0, 0.05) is 44.0 Å². The van der Waals surface area contributed by atoms with Gasteiger partial charge >= 0.3 is 0 Å². The van der Waals surface area contributed by atoms with E-state index in [-0.39, 0.29) is 12.5 Å². The summed E-state index contributed by atoms with van der Waals surface area (Å²) in [6, 6.07) is 35.9. The maximum absolute atomic E-state index is 14.9. The van der Waals surface area contributed by atoms with Crippen LogP contribution in [0.2, 0.25) is 0 Å². The lowest BCUT2D eigenvalue weighted by Gasteiger charge is -2.35. The predicted molar refractivity (Wildman–Crippen MR) is 222 cm³/mol. The average molecular weight is 679 g/mol. The zero-order valence-electron chi connectivity index (χ0n) is 31.4. The zero-order chi connectivity index (χ0) is 35.9. The normalized spacial score (nSPS) is 13.4. The van der Waals surface area contributed by atoms with Gasteiger partial charge in [-0.15, -0.1) is 0 Å². The molecule has 0 saturated heterocycles. The van der Waals surface area contributed by atoms with Crippen molar-refractivity contribution in [2.45, 2.75) is 79.1 Å². The van der Waals surface area contributed by atoms with Crippen LogP contribution >= 0.6 is 0 Å². The van der Waals surface area contributed by atoms with Crippen LogP contribution in [0.4, 0.5) is 4.39 Å². The molecule has 0 bridgehead atoms. The lowest BCUT2D eigenvalue weighted by molar-refractivity contribution is 0.628. The largest absolute Gasteiger partial charge is 0.310 e. The molecule has 0 N–H and O–H groups in total. The predicted octanol–water partition coefficient (Wildman–Crippen LogP) is 11.3. The topological polar surface area (TPSA) is 9.86 Å². The Kier molecular flexibility index (Phi) is 6.67. The van der Waals surface area contributed by atoms with E-state index in [1.807, 2.05) is 12.1 Å². The molecule has 0 atom stereocenters. The van der Waals surface area contributed by atoms with Crippen LogP contribution in [0.3, 0.4) is 0 Å². The number of hydrogen-bond donors (Lipinski definition) is 0. The molecular formula is C48H44BFN2. The summed E-state index contributed by atoms with van der Waals surface area (Å²) in [5.41, 5.74) is 18.9. The first-order valence-electron chi connectivity index (χ1n) is 19.2. The van der Waals surface area contributed by atoms with Crippen molar-refractivity contribution in [2.75, 3.05) is 0 Å². The van der Waals surface area contributed by atoms with Crippen LogP contribution in [0, 0.1) is 5.82 Å². The molecule has 0 spiro atoms. The van der Waals surface area contributed by atoms with Crippen molar-refractivity contribution in [3.8, 4) is 22.5 Å². The van der Waals surface area contributed by atoms with E-state index < -0.39 is 0 Å². The Morgan fingerprint density at radius 2 is 0.923 bits per heavy atom. The Hall–Kier alpha value is -5.09. The van der Waals surface area contributed by atoms with Gasteiger partial charge in [0.15, 0.2) is 0 Å². The van der Waals surface area contributed by atoms with Crippen LogP contribution in [-0.2, 0) is 0 Å². The summed E-state index contributed by atoms with van der Waals surface area (Å²) >= 11 is 0. The maximum atomic E-state index is 14.9. The second-order valence-electron chi connectivity index (χ2n) is 16.7. The van der Waals surface area contributed by atoms with Crippen molar-refractivity contribution in [1.82, 2.24) is 9.13 Å². The molecule has 256 valence electrons. The van der Waals surface area contributed by atoms with Crippen molar-refractivity contribution in [3.05, 3.63) is 125 Å². The highest BCUT2D eigenvalue weighted by Crippen LogP contribution is 2.43. The highest BCUT2D eigenvalue weighted by molar-refractivity contribution is 7.00. The molecule has 0 saturated carbocycles. The highest BCUT2D eigenvalue weighted by atomic mass is 19.1. The smallest absolute Gasteiger partial charge is 0.252 e. The number of aromatic nitrogens is 2. The Labute approximate surface area is 306 Å². The van der Waals surface area contributed by atoms with Crippen LogP contribution < -0.4 is 16.4 Å². The summed E-state index contributed by atoms with van der Waals surface area (Å²) in [6.45, 7) is 18.5. The fourth-order valence-corrected chi connectivity index (χ4v) is 9.37. The summed E-state index contributed by atoms with van der Waals surface area (Å²) in [4.78, 5) is 0. The van der Waals surface area contributed by atoms with E-state index in [9.17, 15) is 4.39 Å². The molecule has 0 unspecified atom stereocenters. The standard InChI is InChI=1S/C48H44BFN2/c1-25(2)29-12-14-42-36(17-29)38-19-32(27(5)6)21-40-47(38)51(42)44-23-34(31-10-9-11-35(50)16-31)24-45-46(44)49(40)41-22-33(28(7)8)20-39-37-18-30(26(3)4)13-15-43(37)52(45)48(39)41/h9-28H,1-8H3. The van der Waals surface area contributed by atoms with Gasteiger partial charge in [-0.1, -0.05) is 91.8 Å². The minimum atomic E-state index is -0.218. The highest BCUT2D eigenvalue weighted by Gasteiger charge is 2.42. The first-order chi connectivity index (χ1) is 25.0. The fraction of sp³-hybridized carbons (Fsp3) is 0.250. The Bertz CT molecular complexity index is 2660. The van der Waals surface area contributed by atoms with Crippen LogP contribution in [0.15, 0.2) is 97.1 Å². The number of benzene rings is 6. The number of nitrogens with zero attached hydrogens (tertiary/aromatic N) is 2. The van der Waals surface area contributed by atoms with Crippen LogP contribution in [0.25, 0.3) is 66.1 Å². The maximum Gasteiger partial charge on any atom is 0.252 e. The van der Waals surface area contributed by atoms with Gasteiger partial charge in [0.05, 0.1) is 11.0 Å². The number of fused-ring (bicyclic) bond motifs is 10. The molecule has 6 aromatic carbocycles. The molecule has 2 aliphatic rings. The van der Waals surface area contributed by atoms with Gasteiger partial charge < -0.3 is 9.13 Å².